The molecule has 0 radical (unpaired) electrons. The third-order valence-corrected chi connectivity index (χ3v) is 3.42. The maximum Gasteiger partial charge on any atom is 0.410 e. The van der Waals surface area contributed by atoms with Gasteiger partial charge in [0, 0.05) is 38.6 Å². The third kappa shape index (κ3) is 5.34. The molecule has 1 aromatic rings. The Morgan fingerprint density at radius 1 is 1.52 bits per heavy atom. The number of rotatable bonds is 4. The van der Waals surface area contributed by atoms with Crippen LogP contribution >= 0.6 is 0 Å². The van der Waals surface area contributed by atoms with Crippen LogP contribution in [0.5, 0.6) is 0 Å². The number of carbonyl (C=O) groups is 1. The Labute approximate surface area is 126 Å². The Balaban J connectivity index is 1.69. The van der Waals surface area contributed by atoms with Crippen LogP contribution in [-0.2, 0) is 11.3 Å². The lowest BCUT2D eigenvalue weighted by Crippen LogP contribution is -2.36. The van der Waals surface area contributed by atoms with E-state index in [4.69, 9.17) is 4.74 Å². The minimum absolute atomic E-state index is 0.197. The molecule has 0 saturated carbocycles. The van der Waals surface area contributed by atoms with Crippen molar-refractivity contribution < 1.29 is 9.53 Å². The highest BCUT2D eigenvalue weighted by Crippen LogP contribution is 2.19. The lowest BCUT2D eigenvalue weighted by molar-refractivity contribution is 0.0288. The van der Waals surface area contributed by atoms with Crippen LogP contribution in [0.25, 0.3) is 0 Å². The number of amides is 1. The summed E-state index contributed by atoms with van der Waals surface area (Å²) in [7, 11) is 0. The fourth-order valence-electron chi connectivity index (χ4n) is 2.41. The molecule has 1 unspecified atom stereocenters. The van der Waals surface area contributed by atoms with Gasteiger partial charge in [-0.25, -0.2) is 4.79 Å². The van der Waals surface area contributed by atoms with E-state index in [1.165, 1.54) is 5.56 Å². The SMILES string of the molecule is CC(C)(C)OC(=O)N1CCC(CNCc2cccnc2)C1. The summed E-state index contributed by atoms with van der Waals surface area (Å²) in [5, 5.41) is 3.43. The third-order valence-electron chi connectivity index (χ3n) is 3.42. The van der Waals surface area contributed by atoms with E-state index >= 15 is 0 Å². The van der Waals surface area contributed by atoms with Crippen molar-refractivity contribution in [3.8, 4) is 0 Å². The van der Waals surface area contributed by atoms with E-state index in [0.717, 1.165) is 32.6 Å². The molecule has 2 rings (SSSR count). The second-order valence-corrected chi connectivity index (χ2v) is 6.57. The monoisotopic (exact) mass is 291 g/mol. The van der Waals surface area contributed by atoms with Gasteiger partial charge in [0.15, 0.2) is 0 Å². The minimum atomic E-state index is -0.423. The van der Waals surface area contributed by atoms with Crippen molar-refractivity contribution in [2.45, 2.75) is 39.3 Å². The number of pyridine rings is 1. The van der Waals surface area contributed by atoms with E-state index in [1.807, 2.05) is 37.9 Å². The molecule has 1 aliphatic rings. The standard InChI is InChI=1S/C16H25N3O2/c1-16(2,3)21-15(20)19-8-6-14(12-19)11-18-10-13-5-4-7-17-9-13/h4-5,7,9,14,18H,6,8,10-12H2,1-3H3. The molecule has 21 heavy (non-hydrogen) atoms. The number of aromatic nitrogens is 1. The first-order valence-corrected chi connectivity index (χ1v) is 7.51. The predicted molar refractivity (Wildman–Crippen MR) is 81.9 cm³/mol. The maximum absolute atomic E-state index is 12.0. The molecule has 0 spiro atoms. The van der Waals surface area contributed by atoms with E-state index in [2.05, 4.69) is 16.4 Å². The van der Waals surface area contributed by atoms with Crippen LogP contribution in [-0.4, -0.2) is 41.2 Å². The van der Waals surface area contributed by atoms with Gasteiger partial charge in [0.05, 0.1) is 0 Å². The van der Waals surface area contributed by atoms with Gasteiger partial charge in [-0.05, 0) is 44.7 Å². The number of nitrogens with zero attached hydrogens (tertiary/aromatic N) is 2. The van der Waals surface area contributed by atoms with Crippen molar-refractivity contribution in [2.75, 3.05) is 19.6 Å². The molecule has 116 valence electrons. The van der Waals surface area contributed by atoms with Gasteiger partial charge < -0.3 is 15.0 Å². The molecule has 5 nitrogen and oxygen atoms in total. The first kappa shape index (κ1) is 15.8. The van der Waals surface area contributed by atoms with E-state index in [9.17, 15) is 4.79 Å². The summed E-state index contributed by atoms with van der Waals surface area (Å²) in [6.45, 7) is 8.98. The summed E-state index contributed by atoms with van der Waals surface area (Å²) >= 11 is 0. The number of hydrogen-bond donors (Lipinski definition) is 1. The molecular weight excluding hydrogens is 266 g/mol. The summed E-state index contributed by atoms with van der Waals surface area (Å²) < 4.78 is 5.40. The summed E-state index contributed by atoms with van der Waals surface area (Å²) in [5.74, 6) is 0.495. The summed E-state index contributed by atoms with van der Waals surface area (Å²) in [6.07, 6.45) is 4.48. The Kier molecular flexibility index (Phi) is 5.17. The van der Waals surface area contributed by atoms with E-state index < -0.39 is 5.60 Å². The number of hydrogen-bond acceptors (Lipinski definition) is 4. The van der Waals surface area contributed by atoms with Crippen molar-refractivity contribution in [1.82, 2.24) is 15.2 Å². The summed E-state index contributed by atoms with van der Waals surface area (Å²) in [4.78, 5) is 17.9. The molecular formula is C16H25N3O2. The van der Waals surface area contributed by atoms with Crippen molar-refractivity contribution in [3.05, 3.63) is 30.1 Å². The molecule has 5 heteroatoms. The quantitative estimate of drug-likeness (QED) is 0.925. The van der Waals surface area contributed by atoms with E-state index in [0.29, 0.717) is 5.92 Å². The van der Waals surface area contributed by atoms with Crippen LogP contribution in [0.3, 0.4) is 0 Å². The first-order valence-electron chi connectivity index (χ1n) is 7.51. The number of carbonyl (C=O) groups excluding carboxylic acids is 1. The molecule has 0 aliphatic carbocycles. The lowest BCUT2D eigenvalue weighted by Gasteiger charge is -2.24. The van der Waals surface area contributed by atoms with Gasteiger partial charge in [0.1, 0.15) is 5.60 Å². The van der Waals surface area contributed by atoms with Gasteiger partial charge in [0.25, 0.3) is 0 Å². The van der Waals surface area contributed by atoms with Crippen LogP contribution in [0.4, 0.5) is 4.79 Å². The number of likely N-dealkylation sites (tertiary alicyclic amines) is 1. The fraction of sp³-hybridized carbons (Fsp3) is 0.625. The van der Waals surface area contributed by atoms with Crippen LogP contribution in [0.1, 0.15) is 32.8 Å². The van der Waals surface area contributed by atoms with Gasteiger partial charge in [0.2, 0.25) is 0 Å². The Hall–Kier alpha value is -1.62. The van der Waals surface area contributed by atoms with Crippen LogP contribution in [0, 0.1) is 5.92 Å². The highest BCUT2D eigenvalue weighted by Gasteiger charge is 2.29. The molecule has 1 amide bonds. The normalized spacial score (nSPS) is 18.8. The van der Waals surface area contributed by atoms with Crippen LogP contribution < -0.4 is 5.32 Å². The van der Waals surface area contributed by atoms with Crippen LogP contribution in [0.15, 0.2) is 24.5 Å². The highest BCUT2D eigenvalue weighted by molar-refractivity contribution is 5.68. The molecule has 1 aliphatic heterocycles. The van der Waals surface area contributed by atoms with Gasteiger partial charge >= 0.3 is 6.09 Å². The topological polar surface area (TPSA) is 54.5 Å². The summed E-state index contributed by atoms with van der Waals surface area (Å²) in [6, 6.07) is 4.00. The van der Waals surface area contributed by atoms with Gasteiger partial charge in [-0.15, -0.1) is 0 Å². The molecule has 1 N–H and O–H groups in total. The van der Waals surface area contributed by atoms with E-state index in [-0.39, 0.29) is 6.09 Å². The lowest BCUT2D eigenvalue weighted by atomic mass is 10.1. The van der Waals surface area contributed by atoms with Crippen molar-refractivity contribution in [1.29, 1.82) is 0 Å². The molecule has 1 fully saturated rings. The minimum Gasteiger partial charge on any atom is -0.444 e. The second-order valence-electron chi connectivity index (χ2n) is 6.57. The zero-order valence-electron chi connectivity index (χ0n) is 13.1. The molecule has 1 atom stereocenters. The fourth-order valence-corrected chi connectivity index (χ4v) is 2.41. The van der Waals surface area contributed by atoms with Gasteiger partial charge in [-0.1, -0.05) is 6.07 Å². The van der Waals surface area contributed by atoms with Crippen molar-refractivity contribution in [2.24, 2.45) is 5.92 Å². The predicted octanol–water partition coefficient (Wildman–Crippen LogP) is 2.43. The molecule has 0 aromatic carbocycles. The molecule has 0 bridgehead atoms. The average molecular weight is 291 g/mol. The zero-order valence-corrected chi connectivity index (χ0v) is 13.1. The zero-order chi connectivity index (χ0) is 15.3. The smallest absolute Gasteiger partial charge is 0.410 e. The Bertz CT molecular complexity index is 456. The van der Waals surface area contributed by atoms with Gasteiger partial charge in [-0.3, -0.25) is 4.98 Å². The Morgan fingerprint density at radius 2 is 2.33 bits per heavy atom. The maximum atomic E-state index is 12.0. The molecule has 1 saturated heterocycles. The molecule has 1 aromatic heterocycles. The second kappa shape index (κ2) is 6.89. The average Bonchev–Trinajstić information content (AvgIpc) is 2.87. The Morgan fingerprint density at radius 3 is 3.00 bits per heavy atom. The number of ether oxygens (including phenoxy) is 1. The van der Waals surface area contributed by atoms with Crippen molar-refractivity contribution >= 4 is 6.09 Å². The van der Waals surface area contributed by atoms with Crippen LogP contribution in [0.2, 0.25) is 0 Å². The first-order chi connectivity index (χ1) is 9.94. The number of nitrogens with one attached hydrogen (secondary N) is 1. The summed E-state index contributed by atoms with van der Waals surface area (Å²) in [5.41, 5.74) is 0.757. The largest absolute Gasteiger partial charge is 0.444 e. The van der Waals surface area contributed by atoms with E-state index in [1.54, 1.807) is 6.20 Å². The highest BCUT2D eigenvalue weighted by atomic mass is 16.6. The molecule has 2 heterocycles. The van der Waals surface area contributed by atoms with Gasteiger partial charge in [-0.2, -0.15) is 0 Å². The van der Waals surface area contributed by atoms with Crippen molar-refractivity contribution in [3.63, 3.8) is 0 Å².